The first kappa shape index (κ1) is 20.8. The van der Waals surface area contributed by atoms with Gasteiger partial charge in [0.15, 0.2) is 0 Å². The fraction of sp³-hybridized carbons (Fsp3) is 0.429. The molecule has 0 aliphatic rings. The van der Waals surface area contributed by atoms with Crippen molar-refractivity contribution in [2.75, 3.05) is 12.4 Å². The molecule has 8 nitrogen and oxygen atoms in total. The van der Waals surface area contributed by atoms with E-state index in [0.717, 1.165) is 19.2 Å². The van der Waals surface area contributed by atoms with E-state index in [1.165, 1.54) is 6.07 Å². The van der Waals surface area contributed by atoms with E-state index in [-0.39, 0.29) is 29.3 Å². The number of amides is 1. The van der Waals surface area contributed by atoms with E-state index in [4.69, 9.17) is 5.73 Å². The van der Waals surface area contributed by atoms with Gasteiger partial charge in [-0.05, 0) is 11.5 Å². The van der Waals surface area contributed by atoms with Gasteiger partial charge in [-0.15, -0.1) is 12.4 Å². The number of ether oxygens (including phenoxy) is 1. The maximum atomic E-state index is 12.1. The third-order valence-corrected chi connectivity index (χ3v) is 3.03. The Balaban J connectivity index is 0.00000484. The summed E-state index contributed by atoms with van der Waals surface area (Å²) in [5.74, 6) is -1.23. The van der Waals surface area contributed by atoms with Gasteiger partial charge in [-0.1, -0.05) is 20.8 Å². The number of nitrogens with two attached hydrogens (primary N) is 1. The van der Waals surface area contributed by atoms with Crippen molar-refractivity contribution in [2.45, 2.75) is 26.8 Å². The van der Waals surface area contributed by atoms with E-state index in [1.54, 1.807) is 20.8 Å². The predicted octanol–water partition coefficient (Wildman–Crippen LogP) is 2.12. The molecule has 0 unspecified atom stereocenters. The molecular weight excluding hydrogens is 326 g/mol. The average molecular weight is 346 g/mol. The van der Waals surface area contributed by atoms with E-state index >= 15 is 0 Å². The van der Waals surface area contributed by atoms with Gasteiger partial charge in [-0.3, -0.25) is 14.9 Å². The van der Waals surface area contributed by atoms with Gasteiger partial charge < -0.3 is 15.8 Å². The van der Waals surface area contributed by atoms with Crippen LogP contribution in [0.4, 0.5) is 11.4 Å². The summed E-state index contributed by atoms with van der Waals surface area (Å²) in [6.45, 7) is 5.39. The van der Waals surface area contributed by atoms with E-state index in [9.17, 15) is 19.7 Å². The molecular formula is C14H20ClN3O5. The quantitative estimate of drug-likeness (QED) is 0.489. The highest BCUT2D eigenvalue weighted by molar-refractivity contribution is 5.97. The first-order chi connectivity index (χ1) is 10.1. The van der Waals surface area contributed by atoms with Crippen molar-refractivity contribution in [2.24, 2.45) is 11.1 Å². The normalized spacial score (nSPS) is 11.9. The van der Waals surface area contributed by atoms with Gasteiger partial charge in [0, 0.05) is 17.8 Å². The van der Waals surface area contributed by atoms with Crippen molar-refractivity contribution < 1.29 is 19.2 Å². The van der Waals surface area contributed by atoms with Crippen LogP contribution < -0.4 is 11.1 Å². The average Bonchev–Trinajstić information content (AvgIpc) is 2.43. The van der Waals surface area contributed by atoms with Crippen molar-refractivity contribution in [1.82, 2.24) is 0 Å². The third-order valence-electron chi connectivity index (χ3n) is 3.03. The molecule has 1 amide bonds. The second kappa shape index (κ2) is 7.89. The maximum absolute atomic E-state index is 12.1. The molecule has 0 saturated heterocycles. The molecule has 1 aromatic rings. The van der Waals surface area contributed by atoms with Gasteiger partial charge >= 0.3 is 5.97 Å². The lowest BCUT2D eigenvalue weighted by Gasteiger charge is -2.25. The number of nitrogens with zero attached hydrogens (tertiary/aromatic N) is 1. The molecule has 0 aromatic heterocycles. The number of nitro groups is 1. The molecule has 1 atom stereocenters. The van der Waals surface area contributed by atoms with E-state index < -0.39 is 28.3 Å². The van der Waals surface area contributed by atoms with Gasteiger partial charge in [0.2, 0.25) is 5.91 Å². The highest BCUT2D eigenvalue weighted by atomic mass is 35.5. The summed E-state index contributed by atoms with van der Waals surface area (Å²) in [4.78, 5) is 33.9. The van der Waals surface area contributed by atoms with Crippen LogP contribution in [0, 0.1) is 15.5 Å². The summed E-state index contributed by atoms with van der Waals surface area (Å²) in [5, 5.41) is 13.4. The minimum absolute atomic E-state index is 0. The highest BCUT2D eigenvalue weighted by Crippen LogP contribution is 2.23. The molecule has 128 valence electrons. The maximum Gasteiger partial charge on any atom is 0.338 e. The Morgan fingerprint density at radius 2 is 1.87 bits per heavy atom. The predicted molar refractivity (Wildman–Crippen MR) is 87.7 cm³/mol. The zero-order valence-electron chi connectivity index (χ0n) is 13.3. The standard InChI is InChI=1S/C14H19N3O5.ClH/c1-14(2,3)11(15)12(18)16-9-5-8(13(19)22-4)6-10(7-9)17(20)21;/h5-7,11H,15H2,1-4H3,(H,16,18);1H/t11-;/m1./s1. The molecule has 23 heavy (non-hydrogen) atoms. The Hall–Kier alpha value is -2.19. The van der Waals surface area contributed by atoms with Crippen molar-refractivity contribution >= 4 is 35.7 Å². The van der Waals surface area contributed by atoms with Crippen LogP contribution in [0.15, 0.2) is 18.2 Å². The van der Waals surface area contributed by atoms with Crippen LogP contribution >= 0.6 is 12.4 Å². The van der Waals surface area contributed by atoms with Crippen molar-refractivity contribution in [3.63, 3.8) is 0 Å². The SMILES string of the molecule is COC(=O)c1cc(NC(=O)[C@@H](N)C(C)(C)C)cc([N+](=O)[O-])c1.Cl. The molecule has 1 aromatic carbocycles. The zero-order chi connectivity index (χ0) is 17.1. The number of benzene rings is 1. The second-order valence-corrected chi connectivity index (χ2v) is 5.85. The molecule has 1 rings (SSSR count). The first-order valence-electron chi connectivity index (χ1n) is 6.50. The molecule has 0 aliphatic heterocycles. The van der Waals surface area contributed by atoms with Crippen LogP contribution in [0.1, 0.15) is 31.1 Å². The minimum atomic E-state index is -0.812. The van der Waals surface area contributed by atoms with Crippen LogP contribution in [-0.4, -0.2) is 30.0 Å². The Bertz CT molecular complexity index is 613. The number of hydrogen-bond acceptors (Lipinski definition) is 6. The number of nitrogens with one attached hydrogen (secondary N) is 1. The van der Waals surface area contributed by atoms with Crippen LogP contribution in [0.3, 0.4) is 0 Å². The summed E-state index contributed by atoms with van der Waals surface area (Å²) in [5.41, 5.74) is 5.10. The van der Waals surface area contributed by atoms with E-state index in [2.05, 4.69) is 10.1 Å². The molecule has 0 radical (unpaired) electrons. The van der Waals surface area contributed by atoms with E-state index in [1.807, 2.05) is 0 Å². The van der Waals surface area contributed by atoms with Crippen LogP contribution in [0.25, 0.3) is 0 Å². The molecule has 3 N–H and O–H groups in total. The number of rotatable bonds is 4. The summed E-state index contributed by atoms with van der Waals surface area (Å²) in [6.07, 6.45) is 0. The summed E-state index contributed by atoms with van der Waals surface area (Å²) < 4.78 is 4.53. The van der Waals surface area contributed by atoms with Crippen molar-refractivity contribution in [3.8, 4) is 0 Å². The minimum Gasteiger partial charge on any atom is -0.465 e. The largest absolute Gasteiger partial charge is 0.465 e. The van der Waals surface area contributed by atoms with Crippen LogP contribution in [0.5, 0.6) is 0 Å². The molecule has 0 saturated carbocycles. The third kappa shape index (κ3) is 5.50. The fourth-order valence-corrected chi connectivity index (χ4v) is 1.64. The second-order valence-electron chi connectivity index (χ2n) is 5.85. The number of esters is 1. The summed E-state index contributed by atoms with van der Waals surface area (Å²) in [7, 11) is 1.16. The van der Waals surface area contributed by atoms with Crippen LogP contribution in [-0.2, 0) is 9.53 Å². The topological polar surface area (TPSA) is 125 Å². The number of hydrogen-bond donors (Lipinski definition) is 2. The molecule has 0 spiro atoms. The Kier molecular flexibility index (Phi) is 7.14. The molecule has 0 heterocycles. The number of carbonyl (C=O) groups is 2. The fourth-order valence-electron chi connectivity index (χ4n) is 1.64. The lowest BCUT2D eigenvalue weighted by atomic mass is 9.87. The Labute approximate surface area is 139 Å². The lowest BCUT2D eigenvalue weighted by molar-refractivity contribution is -0.384. The van der Waals surface area contributed by atoms with E-state index in [0.29, 0.717) is 0 Å². The number of methoxy groups -OCH3 is 1. The monoisotopic (exact) mass is 345 g/mol. The number of carbonyl (C=O) groups excluding carboxylic acids is 2. The van der Waals surface area contributed by atoms with Crippen molar-refractivity contribution in [1.29, 1.82) is 0 Å². The van der Waals surface area contributed by atoms with Crippen LogP contribution in [0.2, 0.25) is 0 Å². The van der Waals surface area contributed by atoms with Gasteiger partial charge in [-0.2, -0.15) is 0 Å². The lowest BCUT2D eigenvalue weighted by Crippen LogP contribution is -2.45. The number of non-ortho nitro benzene ring substituents is 1. The Morgan fingerprint density at radius 3 is 2.30 bits per heavy atom. The van der Waals surface area contributed by atoms with Gasteiger partial charge in [0.25, 0.3) is 5.69 Å². The zero-order valence-corrected chi connectivity index (χ0v) is 14.1. The number of anilines is 1. The highest BCUT2D eigenvalue weighted by Gasteiger charge is 2.28. The van der Waals surface area contributed by atoms with Gasteiger partial charge in [-0.25, -0.2) is 4.79 Å². The number of nitro benzene ring substituents is 1. The first-order valence-corrected chi connectivity index (χ1v) is 6.50. The molecule has 0 bridgehead atoms. The molecule has 0 aliphatic carbocycles. The van der Waals surface area contributed by atoms with Crippen molar-refractivity contribution in [3.05, 3.63) is 33.9 Å². The molecule has 9 heteroatoms. The summed E-state index contributed by atoms with van der Waals surface area (Å²) >= 11 is 0. The molecule has 0 fully saturated rings. The smallest absolute Gasteiger partial charge is 0.338 e. The van der Waals surface area contributed by atoms with Gasteiger partial charge in [0.1, 0.15) is 0 Å². The number of halogens is 1. The Morgan fingerprint density at radius 1 is 1.30 bits per heavy atom. The van der Waals surface area contributed by atoms with Gasteiger partial charge in [0.05, 0.1) is 23.6 Å². The summed E-state index contributed by atoms with van der Waals surface area (Å²) in [6, 6.07) is 2.71.